The smallest absolute Gasteiger partial charge is 0.231 e. The molecule has 0 bridgehead atoms. The van der Waals surface area contributed by atoms with Crippen molar-refractivity contribution in [2.75, 3.05) is 36.9 Å². The van der Waals surface area contributed by atoms with Gasteiger partial charge in [-0.15, -0.1) is 0 Å². The van der Waals surface area contributed by atoms with Gasteiger partial charge < -0.3 is 15.4 Å². The SMILES string of the molecule is Cc1ccnc(Sc2nc(N)nc(N3CCOCC3)n2)n1. The van der Waals surface area contributed by atoms with Crippen molar-refractivity contribution < 1.29 is 4.74 Å². The molecule has 9 heteroatoms. The van der Waals surface area contributed by atoms with Gasteiger partial charge in [-0.05, 0) is 24.8 Å². The lowest BCUT2D eigenvalue weighted by atomic mass is 10.4. The van der Waals surface area contributed by atoms with Gasteiger partial charge >= 0.3 is 0 Å². The Labute approximate surface area is 126 Å². The second-order valence-corrected chi connectivity index (χ2v) is 5.39. The zero-order valence-corrected chi connectivity index (χ0v) is 12.4. The number of rotatable bonds is 3. The minimum absolute atomic E-state index is 0.196. The van der Waals surface area contributed by atoms with Gasteiger partial charge in [0, 0.05) is 25.0 Å². The number of aromatic nitrogens is 5. The summed E-state index contributed by atoms with van der Waals surface area (Å²) in [5.41, 5.74) is 6.67. The first-order valence-electron chi connectivity index (χ1n) is 6.52. The number of nitrogens with two attached hydrogens (primary N) is 1. The third-order valence-corrected chi connectivity index (χ3v) is 3.61. The molecule has 0 aromatic carbocycles. The largest absolute Gasteiger partial charge is 0.378 e. The number of ether oxygens (including phenoxy) is 1. The Hall–Kier alpha value is -2.00. The summed E-state index contributed by atoms with van der Waals surface area (Å²) in [5.74, 6) is 0.766. The predicted octanol–water partition coefficient (Wildman–Crippen LogP) is 0.540. The van der Waals surface area contributed by atoms with Gasteiger partial charge in [0.25, 0.3) is 0 Å². The van der Waals surface area contributed by atoms with E-state index in [1.54, 1.807) is 6.20 Å². The van der Waals surface area contributed by atoms with Gasteiger partial charge in [-0.3, -0.25) is 0 Å². The van der Waals surface area contributed by atoms with Gasteiger partial charge in [-0.2, -0.15) is 15.0 Å². The third kappa shape index (κ3) is 3.56. The summed E-state index contributed by atoms with van der Waals surface area (Å²) in [6.07, 6.45) is 1.71. The highest BCUT2D eigenvalue weighted by Gasteiger charge is 2.16. The number of hydrogen-bond donors (Lipinski definition) is 1. The molecule has 0 saturated carbocycles. The van der Waals surface area contributed by atoms with E-state index in [0.717, 1.165) is 18.8 Å². The fourth-order valence-electron chi connectivity index (χ4n) is 1.87. The summed E-state index contributed by atoms with van der Waals surface area (Å²) < 4.78 is 5.32. The first kappa shape index (κ1) is 14.0. The van der Waals surface area contributed by atoms with Gasteiger partial charge in [0.2, 0.25) is 17.1 Å². The van der Waals surface area contributed by atoms with Crippen LogP contribution in [0.4, 0.5) is 11.9 Å². The highest BCUT2D eigenvalue weighted by molar-refractivity contribution is 7.99. The number of aryl methyl sites for hydroxylation is 1. The van der Waals surface area contributed by atoms with E-state index in [1.165, 1.54) is 11.8 Å². The number of hydrogen-bond acceptors (Lipinski definition) is 9. The van der Waals surface area contributed by atoms with Crippen LogP contribution >= 0.6 is 11.8 Å². The van der Waals surface area contributed by atoms with Crippen LogP contribution < -0.4 is 10.6 Å². The van der Waals surface area contributed by atoms with Crippen LogP contribution in [0.2, 0.25) is 0 Å². The minimum atomic E-state index is 0.196. The summed E-state index contributed by atoms with van der Waals surface area (Å²) >= 11 is 1.27. The quantitative estimate of drug-likeness (QED) is 0.813. The summed E-state index contributed by atoms with van der Waals surface area (Å²) in [4.78, 5) is 23.3. The van der Waals surface area contributed by atoms with E-state index >= 15 is 0 Å². The van der Waals surface area contributed by atoms with Gasteiger partial charge in [0.15, 0.2) is 5.16 Å². The number of morpholine rings is 1. The van der Waals surface area contributed by atoms with Crippen LogP contribution in [-0.4, -0.2) is 51.2 Å². The average Bonchev–Trinajstić information content (AvgIpc) is 2.47. The van der Waals surface area contributed by atoms with Crippen LogP contribution in [0.5, 0.6) is 0 Å². The van der Waals surface area contributed by atoms with E-state index in [-0.39, 0.29) is 5.95 Å². The summed E-state index contributed by atoms with van der Waals surface area (Å²) in [5, 5.41) is 1.09. The lowest BCUT2D eigenvalue weighted by Gasteiger charge is -2.26. The molecular formula is C12H15N7OS. The molecule has 2 aromatic rings. The average molecular weight is 305 g/mol. The Balaban J connectivity index is 1.83. The Bertz CT molecular complexity index is 633. The van der Waals surface area contributed by atoms with E-state index in [1.807, 2.05) is 17.9 Å². The highest BCUT2D eigenvalue weighted by Crippen LogP contribution is 2.23. The standard InChI is InChI=1S/C12H15N7OS/c1-8-2-3-14-11(15-8)21-12-17-9(13)16-10(18-12)19-4-6-20-7-5-19/h2-3H,4-7H2,1H3,(H2,13,16,17,18). The topological polar surface area (TPSA) is 103 Å². The third-order valence-electron chi connectivity index (χ3n) is 2.87. The van der Waals surface area contributed by atoms with E-state index in [0.29, 0.717) is 29.5 Å². The Kier molecular flexibility index (Phi) is 4.11. The second-order valence-electron chi connectivity index (χ2n) is 4.46. The van der Waals surface area contributed by atoms with Crippen LogP contribution in [0.3, 0.4) is 0 Å². The normalized spacial score (nSPS) is 15.2. The molecule has 110 valence electrons. The van der Waals surface area contributed by atoms with Crippen molar-refractivity contribution >= 4 is 23.7 Å². The molecular weight excluding hydrogens is 290 g/mol. The van der Waals surface area contributed by atoms with Crippen LogP contribution in [-0.2, 0) is 4.74 Å². The molecule has 0 aliphatic carbocycles. The first-order valence-corrected chi connectivity index (χ1v) is 7.34. The lowest BCUT2D eigenvalue weighted by molar-refractivity contribution is 0.122. The Morgan fingerprint density at radius 1 is 1.14 bits per heavy atom. The monoisotopic (exact) mass is 305 g/mol. The molecule has 8 nitrogen and oxygen atoms in total. The van der Waals surface area contributed by atoms with Crippen LogP contribution in [0.15, 0.2) is 22.6 Å². The molecule has 1 aliphatic rings. The molecule has 3 rings (SSSR count). The highest BCUT2D eigenvalue weighted by atomic mass is 32.2. The van der Waals surface area contributed by atoms with Crippen LogP contribution in [0, 0.1) is 6.92 Å². The molecule has 1 saturated heterocycles. The van der Waals surface area contributed by atoms with Crippen LogP contribution in [0.1, 0.15) is 5.69 Å². The number of nitrogens with zero attached hydrogens (tertiary/aromatic N) is 6. The van der Waals surface area contributed by atoms with Crippen molar-refractivity contribution in [2.45, 2.75) is 17.2 Å². The molecule has 0 amide bonds. The molecule has 1 fully saturated rings. The lowest BCUT2D eigenvalue weighted by Crippen LogP contribution is -2.37. The van der Waals surface area contributed by atoms with E-state index in [9.17, 15) is 0 Å². The Morgan fingerprint density at radius 2 is 1.95 bits per heavy atom. The van der Waals surface area contributed by atoms with Crippen molar-refractivity contribution in [1.82, 2.24) is 24.9 Å². The van der Waals surface area contributed by atoms with Crippen molar-refractivity contribution in [3.63, 3.8) is 0 Å². The fraction of sp³-hybridized carbons (Fsp3) is 0.417. The zero-order valence-electron chi connectivity index (χ0n) is 11.6. The molecule has 0 radical (unpaired) electrons. The van der Waals surface area contributed by atoms with E-state index in [4.69, 9.17) is 10.5 Å². The molecule has 0 atom stereocenters. The molecule has 3 heterocycles. The number of nitrogen functional groups attached to an aromatic ring is 1. The maximum Gasteiger partial charge on any atom is 0.231 e. The van der Waals surface area contributed by atoms with E-state index < -0.39 is 0 Å². The maximum absolute atomic E-state index is 5.78. The van der Waals surface area contributed by atoms with Crippen molar-refractivity contribution in [3.05, 3.63) is 18.0 Å². The molecule has 2 N–H and O–H groups in total. The molecule has 0 spiro atoms. The molecule has 0 unspecified atom stereocenters. The zero-order chi connectivity index (χ0) is 14.7. The van der Waals surface area contributed by atoms with Crippen molar-refractivity contribution in [1.29, 1.82) is 0 Å². The predicted molar refractivity (Wildman–Crippen MR) is 78.2 cm³/mol. The second kappa shape index (κ2) is 6.19. The Morgan fingerprint density at radius 3 is 2.71 bits per heavy atom. The summed E-state index contributed by atoms with van der Waals surface area (Å²) in [7, 11) is 0. The maximum atomic E-state index is 5.78. The minimum Gasteiger partial charge on any atom is -0.378 e. The summed E-state index contributed by atoms with van der Waals surface area (Å²) in [6.45, 7) is 4.72. The van der Waals surface area contributed by atoms with Crippen LogP contribution in [0.25, 0.3) is 0 Å². The van der Waals surface area contributed by atoms with Gasteiger partial charge in [-0.1, -0.05) is 0 Å². The van der Waals surface area contributed by atoms with Gasteiger partial charge in [-0.25, -0.2) is 9.97 Å². The molecule has 2 aromatic heterocycles. The van der Waals surface area contributed by atoms with Crippen molar-refractivity contribution in [3.8, 4) is 0 Å². The van der Waals surface area contributed by atoms with Gasteiger partial charge in [0.1, 0.15) is 0 Å². The van der Waals surface area contributed by atoms with Crippen molar-refractivity contribution in [2.24, 2.45) is 0 Å². The molecule has 21 heavy (non-hydrogen) atoms. The van der Waals surface area contributed by atoms with Gasteiger partial charge in [0.05, 0.1) is 13.2 Å². The fourth-order valence-corrected chi connectivity index (χ4v) is 2.60. The summed E-state index contributed by atoms with van der Waals surface area (Å²) in [6, 6.07) is 1.84. The number of anilines is 2. The van der Waals surface area contributed by atoms with E-state index in [2.05, 4.69) is 24.9 Å². The molecule has 1 aliphatic heterocycles. The first-order chi connectivity index (χ1) is 10.2.